The molecule has 0 aliphatic carbocycles. The van der Waals surface area contributed by atoms with Crippen molar-refractivity contribution in [2.45, 2.75) is 18.6 Å². The van der Waals surface area contributed by atoms with Gasteiger partial charge in [0.15, 0.2) is 6.17 Å². The summed E-state index contributed by atoms with van der Waals surface area (Å²) in [7, 11) is 0. The molecule has 2 fully saturated rings. The van der Waals surface area contributed by atoms with Crippen molar-refractivity contribution in [1.82, 2.24) is 20.0 Å². The molecule has 0 spiro atoms. The fourth-order valence-corrected chi connectivity index (χ4v) is 4.72. The van der Waals surface area contributed by atoms with E-state index in [1.54, 1.807) is 0 Å². The Morgan fingerprint density at radius 2 is 1.63 bits per heavy atom. The third kappa shape index (κ3) is 6.17. The Morgan fingerprint density at radius 3 is 2.26 bits per heavy atom. The molecule has 2 aliphatic rings. The minimum absolute atomic E-state index is 0.0490. The van der Waals surface area contributed by atoms with Crippen LogP contribution in [0.1, 0.15) is 28.4 Å². The maximum Gasteiger partial charge on any atom is 0.322 e. The van der Waals surface area contributed by atoms with E-state index in [0.717, 1.165) is 12.1 Å². The van der Waals surface area contributed by atoms with Crippen LogP contribution in [0.25, 0.3) is 0 Å². The van der Waals surface area contributed by atoms with Crippen LogP contribution in [0.4, 0.5) is 9.18 Å². The van der Waals surface area contributed by atoms with Gasteiger partial charge < -0.3 is 25.0 Å². The zero-order valence-corrected chi connectivity index (χ0v) is 21.6. The lowest BCUT2D eigenvalue weighted by molar-refractivity contribution is -0.138. The molecule has 13 heteroatoms. The van der Waals surface area contributed by atoms with Crippen LogP contribution in [0.2, 0.25) is 10.0 Å². The van der Waals surface area contributed by atoms with Gasteiger partial charge in [-0.3, -0.25) is 19.3 Å². The molecule has 4 rings (SSSR count). The molecule has 202 valence electrons. The third-order valence-electron chi connectivity index (χ3n) is 6.33. The van der Waals surface area contributed by atoms with Gasteiger partial charge in [0.1, 0.15) is 5.82 Å². The molecule has 2 aliphatic heterocycles. The minimum Gasteiger partial charge on any atom is -0.481 e. The van der Waals surface area contributed by atoms with Gasteiger partial charge in [0.05, 0.1) is 35.7 Å². The summed E-state index contributed by atoms with van der Waals surface area (Å²) in [6.07, 6.45) is -1.87. The molecule has 0 saturated carbocycles. The lowest BCUT2D eigenvalue weighted by Crippen LogP contribution is -2.57. The number of carboxylic acids is 1. The van der Waals surface area contributed by atoms with Crippen LogP contribution in [0.15, 0.2) is 42.5 Å². The fraction of sp³-hybridized carbons (Fsp3) is 0.360. The van der Waals surface area contributed by atoms with E-state index in [2.05, 4.69) is 5.32 Å². The number of nitrogens with one attached hydrogen (secondary N) is 1. The van der Waals surface area contributed by atoms with E-state index in [9.17, 15) is 28.7 Å². The van der Waals surface area contributed by atoms with Crippen molar-refractivity contribution < 1.29 is 33.4 Å². The Kier molecular flexibility index (Phi) is 8.70. The number of hydrogen-bond acceptors (Lipinski definition) is 5. The molecule has 2 heterocycles. The first-order valence-electron chi connectivity index (χ1n) is 11.8. The molecular formula is C25H25Cl2FN4O6. The minimum atomic E-state index is -1.37. The lowest BCUT2D eigenvalue weighted by atomic mass is 10.0. The summed E-state index contributed by atoms with van der Waals surface area (Å²) in [5.74, 6) is -3.03. The summed E-state index contributed by atoms with van der Waals surface area (Å²) in [6.45, 7) is 1.44. The number of urea groups is 1. The third-order valence-corrected chi connectivity index (χ3v) is 7.07. The Hall–Kier alpha value is -3.41. The average Bonchev–Trinajstić information content (AvgIpc) is 3.35. The van der Waals surface area contributed by atoms with E-state index in [1.165, 1.54) is 45.0 Å². The molecule has 0 aromatic heterocycles. The normalized spacial score (nSPS) is 18.3. The van der Waals surface area contributed by atoms with E-state index < -0.39 is 48.3 Å². The van der Waals surface area contributed by atoms with Gasteiger partial charge in [0, 0.05) is 31.7 Å². The van der Waals surface area contributed by atoms with Gasteiger partial charge >= 0.3 is 12.0 Å². The van der Waals surface area contributed by atoms with Crippen molar-refractivity contribution in [3.63, 3.8) is 0 Å². The van der Waals surface area contributed by atoms with Gasteiger partial charge in [-0.1, -0.05) is 35.3 Å². The van der Waals surface area contributed by atoms with Crippen LogP contribution in [-0.2, 0) is 14.3 Å². The summed E-state index contributed by atoms with van der Waals surface area (Å²) in [5, 5.41) is 12.5. The smallest absolute Gasteiger partial charge is 0.322 e. The van der Waals surface area contributed by atoms with Gasteiger partial charge in [-0.2, -0.15) is 0 Å². The zero-order valence-electron chi connectivity index (χ0n) is 20.1. The van der Waals surface area contributed by atoms with Gasteiger partial charge in [0.25, 0.3) is 11.8 Å². The van der Waals surface area contributed by atoms with E-state index in [-0.39, 0.29) is 28.7 Å². The molecule has 0 radical (unpaired) electrons. The van der Waals surface area contributed by atoms with Gasteiger partial charge in [-0.15, -0.1) is 0 Å². The molecule has 2 aromatic rings. The molecule has 4 amide bonds. The Bertz CT molecular complexity index is 1220. The quantitative estimate of drug-likeness (QED) is 0.554. The highest BCUT2D eigenvalue weighted by Gasteiger charge is 2.45. The summed E-state index contributed by atoms with van der Waals surface area (Å²) in [5.41, 5.74) is 0.520. The second-order valence-corrected chi connectivity index (χ2v) is 9.60. The molecular weight excluding hydrogens is 542 g/mol. The molecule has 2 aromatic carbocycles. The fourth-order valence-electron chi connectivity index (χ4n) is 4.42. The molecule has 2 saturated heterocycles. The largest absolute Gasteiger partial charge is 0.481 e. The van der Waals surface area contributed by atoms with Crippen LogP contribution in [-0.4, -0.2) is 89.2 Å². The Labute approximate surface area is 227 Å². The van der Waals surface area contributed by atoms with E-state index in [1.807, 2.05) is 0 Å². The summed E-state index contributed by atoms with van der Waals surface area (Å²) < 4.78 is 18.8. The van der Waals surface area contributed by atoms with E-state index in [0.29, 0.717) is 31.9 Å². The average molecular weight is 567 g/mol. The SMILES string of the molecule is O=C(O)CC(NC(=O)C1N(C(=O)c2ccc(Cl)c(Cl)c2)CCN1C(=O)N1CCOCC1)c1ccc(F)cc1. The highest BCUT2D eigenvalue weighted by atomic mass is 35.5. The topological polar surface area (TPSA) is 119 Å². The number of carboxylic acid groups (broad SMARTS) is 1. The van der Waals surface area contributed by atoms with Crippen molar-refractivity contribution in [1.29, 1.82) is 0 Å². The lowest BCUT2D eigenvalue weighted by Gasteiger charge is -2.35. The number of benzene rings is 2. The number of carbonyl (C=O) groups excluding carboxylic acids is 3. The number of carbonyl (C=O) groups is 4. The first-order chi connectivity index (χ1) is 18.2. The molecule has 2 N–H and O–H groups in total. The second kappa shape index (κ2) is 12.0. The highest BCUT2D eigenvalue weighted by Crippen LogP contribution is 2.27. The Balaban J connectivity index is 1.65. The number of nitrogens with zero attached hydrogens (tertiary/aromatic N) is 3. The van der Waals surface area contributed by atoms with Crippen molar-refractivity contribution in [3.05, 3.63) is 69.5 Å². The number of halogens is 3. The summed E-state index contributed by atoms with van der Waals surface area (Å²) >= 11 is 12.1. The monoisotopic (exact) mass is 566 g/mol. The van der Waals surface area contributed by atoms with Crippen LogP contribution in [0.3, 0.4) is 0 Å². The van der Waals surface area contributed by atoms with Crippen LogP contribution < -0.4 is 5.32 Å². The predicted octanol–water partition coefficient (Wildman–Crippen LogP) is 3.00. The standard InChI is InChI=1S/C25H25Cl2FN4O6/c26-18-6-3-16(13-19(18)27)24(36)31-7-8-32(25(37)30-9-11-38-12-10-30)23(31)22(35)29-20(14-21(33)34)15-1-4-17(28)5-2-15/h1-6,13,20,23H,7-12,14H2,(H,29,35)(H,33,34). The van der Waals surface area contributed by atoms with Gasteiger partial charge in [-0.25, -0.2) is 9.18 Å². The number of rotatable bonds is 6. The van der Waals surface area contributed by atoms with Gasteiger partial charge in [0.2, 0.25) is 0 Å². The second-order valence-electron chi connectivity index (χ2n) is 8.79. The summed E-state index contributed by atoms with van der Waals surface area (Å²) in [6, 6.07) is 7.85. The Morgan fingerprint density at radius 1 is 0.974 bits per heavy atom. The van der Waals surface area contributed by atoms with Crippen LogP contribution in [0.5, 0.6) is 0 Å². The number of morpholine rings is 1. The molecule has 38 heavy (non-hydrogen) atoms. The van der Waals surface area contributed by atoms with Crippen molar-refractivity contribution in [3.8, 4) is 0 Å². The number of amides is 4. The van der Waals surface area contributed by atoms with Crippen LogP contribution in [0, 0.1) is 5.82 Å². The maximum atomic E-state index is 13.7. The van der Waals surface area contributed by atoms with Crippen molar-refractivity contribution in [2.75, 3.05) is 39.4 Å². The predicted molar refractivity (Wildman–Crippen MR) is 135 cm³/mol. The van der Waals surface area contributed by atoms with Gasteiger partial charge in [-0.05, 0) is 35.9 Å². The summed E-state index contributed by atoms with van der Waals surface area (Å²) in [4.78, 5) is 56.2. The van der Waals surface area contributed by atoms with Crippen molar-refractivity contribution >= 4 is 47.0 Å². The number of ether oxygens (including phenoxy) is 1. The molecule has 10 nitrogen and oxygen atoms in total. The molecule has 0 bridgehead atoms. The van der Waals surface area contributed by atoms with E-state index in [4.69, 9.17) is 27.9 Å². The first-order valence-corrected chi connectivity index (χ1v) is 12.6. The zero-order chi connectivity index (χ0) is 27.4. The van der Waals surface area contributed by atoms with Crippen LogP contribution >= 0.6 is 23.2 Å². The first kappa shape index (κ1) is 27.6. The number of aliphatic carboxylic acids is 1. The highest BCUT2D eigenvalue weighted by molar-refractivity contribution is 6.42. The van der Waals surface area contributed by atoms with E-state index >= 15 is 0 Å². The molecule has 2 atom stereocenters. The van der Waals surface area contributed by atoms with Crippen molar-refractivity contribution in [2.24, 2.45) is 0 Å². The maximum absolute atomic E-state index is 13.7. The number of hydrogen-bond donors (Lipinski definition) is 2. The molecule has 2 unspecified atom stereocenters.